The van der Waals surface area contributed by atoms with E-state index in [1.807, 2.05) is 44.2 Å². The van der Waals surface area contributed by atoms with Gasteiger partial charge in [0.1, 0.15) is 5.75 Å². The Morgan fingerprint density at radius 2 is 1.69 bits per heavy atom. The lowest BCUT2D eigenvalue weighted by Gasteiger charge is -2.16. The third-order valence-corrected chi connectivity index (χ3v) is 4.07. The molecule has 0 aliphatic heterocycles. The van der Waals surface area contributed by atoms with E-state index in [0.717, 1.165) is 11.1 Å². The molecule has 0 unspecified atom stereocenters. The molecule has 2 rings (SSSR count). The number of benzene rings is 1. The van der Waals surface area contributed by atoms with E-state index >= 15 is 0 Å². The van der Waals surface area contributed by atoms with Gasteiger partial charge in [-0.15, -0.1) is 10.2 Å². The van der Waals surface area contributed by atoms with Crippen molar-refractivity contribution in [3.63, 3.8) is 0 Å². The molecule has 0 saturated carbocycles. The fourth-order valence-corrected chi connectivity index (χ4v) is 2.71. The van der Waals surface area contributed by atoms with Crippen LogP contribution in [-0.4, -0.2) is 28.1 Å². The summed E-state index contributed by atoms with van der Waals surface area (Å²) in [4.78, 5) is 24.3. The first kappa shape index (κ1) is 22.3. The Morgan fingerprint density at radius 1 is 1.00 bits per heavy atom. The minimum atomic E-state index is -0.486. The molecule has 7 heteroatoms. The SMILES string of the molecule is CC(C)Cc1cc(-c2ccccc2OC(C)C)nnc1C(=O)NNC(=O)C(C)C. The average molecular weight is 399 g/mol. The summed E-state index contributed by atoms with van der Waals surface area (Å²) >= 11 is 0. The van der Waals surface area contributed by atoms with Crippen molar-refractivity contribution in [2.45, 2.75) is 54.1 Å². The van der Waals surface area contributed by atoms with Crippen LogP contribution in [-0.2, 0) is 11.2 Å². The lowest BCUT2D eigenvalue weighted by Crippen LogP contribution is -2.44. The number of nitrogens with one attached hydrogen (secondary N) is 2. The number of amides is 2. The minimum Gasteiger partial charge on any atom is -0.490 e. The first-order valence-electron chi connectivity index (χ1n) is 9.91. The largest absolute Gasteiger partial charge is 0.490 e. The summed E-state index contributed by atoms with van der Waals surface area (Å²) in [5.41, 5.74) is 7.26. The number of aromatic nitrogens is 2. The highest BCUT2D eigenvalue weighted by Gasteiger charge is 2.19. The molecule has 2 aromatic rings. The van der Waals surface area contributed by atoms with Crippen LogP contribution in [0.2, 0.25) is 0 Å². The van der Waals surface area contributed by atoms with Crippen LogP contribution in [0.3, 0.4) is 0 Å². The maximum Gasteiger partial charge on any atom is 0.290 e. The zero-order chi connectivity index (χ0) is 21.6. The lowest BCUT2D eigenvalue weighted by atomic mass is 9.99. The number of ether oxygens (including phenoxy) is 1. The molecule has 0 aliphatic rings. The molecule has 29 heavy (non-hydrogen) atoms. The summed E-state index contributed by atoms with van der Waals surface area (Å²) in [7, 11) is 0. The fourth-order valence-electron chi connectivity index (χ4n) is 2.71. The van der Waals surface area contributed by atoms with Gasteiger partial charge in [-0.1, -0.05) is 39.8 Å². The normalized spacial score (nSPS) is 11.1. The Hall–Kier alpha value is -2.96. The molecule has 1 aromatic carbocycles. The van der Waals surface area contributed by atoms with E-state index in [1.54, 1.807) is 13.8 Å². The van der Waals surface area contributed by atoms with Gasteiger partial charge in [0.05, 0.1) is 11.8 Å². The number of nitrogens with zero attached hydrogens (tertiary/aromatic N) is 2. The zero-order valence-corrected chi connectivity index (χ0v) is 17.9. The van der Waals surface area contributed by atoms with Crippen molar-refractivity contribution in [2.24, 2.45) is 11.8 Å². The molecule has 0 radical (unpaired) electrons. The summed E-state index contributed by atoms with van der Waals surface area (Å²) < 4.78 is 5.89. The van der Waals surface area contributed by atoms with Gasteiger partial charge in [-0.25, -0.2) is 0 Å². The van der Waals surface area contributed by atoms with Crippen LogP contribution in [0.5, 0.6) is 5.75 Å². The molecule has 0 atom stereocenters. The molecule has 0 spiro atoms. The molecule has 156 valence electrons. The van der Waals surface area contributed by atoms with Crippen molar-refractivity contribution in [1.29, 1.82) is 0 Å². The van der Waals surface area contributed by atoms with Gasteiger partial charge < -0.3 is 4.74 Å². The molecule has 0 aliphatic carbocycles. The van der Waals surface area contributed by atoms with Crippen molar-refractivity contribution in [3.05, 3.63) is 41.6 Å². The zero-order valence-electron chi connectivity index (χ0n) is 17.9. The second-order valence-corrected chi connectivity index (χ2v) is 7.96. The molecule has 0 saturated heterocycles. The number of carbonyl (C=O) groups excluding carboxylic acids is 2. The highest BCUT2D eigenvalue weighted by molar-refractivity contribution is 5.95. The molecular formula is C22H30N4O3. The Labute approximate surface area is 172 Å². The van der Waals surface area contributed by atoms with Gasteiger partial charge in [0, 0.05) is 11.5 Å². The fraction of sp³-hybridized carbons (Fsp3) is 0.455. The molecule has 0 fully saturated rings. The van der Waals surface area contributed by atoms with E-state index in [4.69, 9.17) is 4.74 Å². The lowest BCUT2D eigenvalue weighted by molar-refractivity contribution is -0.124. The number of carbonyl (C=O) groups is 2. The number of hydrogen-bond acceptors (Lipinski definition) is 5. The summed E-state index contributed by atoms with van der Waals surface area (Å²) in [6.07, 6.45) is 0.672. The topological polar surface area (TPSA) is 93.2 Å². The van der Waals surface area contributed by atoms with Crippen molar-refractivity contribution < 1.29 is 14.3 Å². The van der Waals surface area contributed by atoms with Crippen molar-refractivity contribution >= 4 is 11.8 Å². The van der Waals surface area contributed by atoms with Crippen LogP contribution in [0.15, 0.2) is 30.3 Å². The van der Waals surface area contributed by atoms with Crippen LogP contribution >= 0.6 is 0 Å². The maximum absolute atomic E-state index is 12.6. The average Bonchev–Trinajstić information content (AvgIpc) is 2.65. The van der Waals surface area contributed by atoms with Crippen LogP contribution in [0.4, 0.5) is 0 Å². The van der Waals surface area contributed by atoms with Crippen molar-refractivity contribution in [2.75, 3.05) is 0 Å². The van der Waals surface area contributed by atoms with Crippen LogP contribution in [0.1, 0.15) is 57.6 Å². The van der Waals surface area contributed by atoms with Crippen LogP contribution < -0.4 is 15.6 Å². The van der Waals surface area contributed by atoms with Gasteiger partial charge in [0.15, 0.2) is 5.69 Å². The second-order valence-electron chi connectivity index (χ2n) is 7.96. The van der Waals surface area contributed by atoms with Crippen LogP contribution in [0, 0.1) is 11.8 Å². The quantitative estimate of drug-likeness (QED) is 0.696. The second kappa shape index (κ2) is 10.0. The summed E-state index contributed by atoms with van der Waals surface area (Å²) in [5.74, 6) is 0.0320. The van der Waals surface area contributed by atoms with Gasteiger partial charge in [-0.05, 0) is 49.9 Å². The van der Waals surface area contributed by atoms with Crippen molar-refractivity contribution in [3.8, 4) is 17.0 Å². The molecule has 1 heterocycles. The highest BCUT2D eigenvalue weighted by Crippen LogP contribution is 2.30. The molecule has 0 bridgehead atoms. The van der Waals surface area contributed by atoms with Gasteiger partial charge >= 0.3 is 0 Å². The smallest absolute Gasteiger partial charge is 0.290 e. The summed E-state index contributed by atoms with van der Waals surface area (Å²) in [6, 6.07) is 9.50. The predicted octanol–water partition coefficient (Wildman–Crippen LogP) is 3.55. The third-order valence-electron chi connectivity index (χ3n) is 4.07. The first-order chi connectivity index (χ1) is 13.7. The van der Waals surface area contributed by atoms with E-state index < -0.39 is 5.91 Å². The third kappa shape index (κ3) is 6.27. The number of rotatable bonds is 7. The van der Waals surface area contributed by atoms with E-state index in [-0.39, 0.29) is 23.6 Å². The number of para-hydroxylation sites is 1. The molecule has 2 N–H and O–H groups in total. The maximum atomic E-state index is 12.6. The molecule has 7 nitrogen and oxygen atoms in total. The highest BCUT2D eigenvalue weighted by atomic mass is 16.5. The molecule has 2 amide bonds. The monoisotopic (exact) mass is 398 g/mol. The predicted molar refractivity (Wildman–Crippen MR) is 112 cm³/mol. The van der Waals surface area contributed by atoms with Crippen LogP contribution in [0.25, 0.3) is 11.3 Å². The minimum absolute atomic E-state index is 0.0221. The Bertz CT molecular complexity index is 863. The van der Waals surface area contributed by atoms with Gasteiger partial charge in [-0.3, -0.25) is 20.4 Å². The summed E-state index contributed by atoms with van der Waals surface area (Å²) in [5, 5.41) is 8.45. The van der Waals surface area contributed by atoms with E-state index in [9.17, 15) is 9.59 Å². The standard InChI is InChI=1S/C22H30N4O3/c1-13(2)11-16-12-18(17-9-7-8-10-19(17)29-15(5)6)23-24-20(16)22(28)26-25-21(27)14(3)4/h7-10,12-15H,11H2,1-6H3,(H,25,27)(H,26,28). The number of hydrogen-bond donors (Lipinski definition) is 2. The molecule has 1 aromatic heterocycles. The van der Waals surface area contributed by atoms with E-state index in [2.05, 4.69) is 34.9 Å². The van der Waals surface area contributed by atoms with E-state index in [0.29, 0.717) is 23.8 Å². The summed E-state index contributed by atoms with van der Waals surface area (Å²) in [6.45, 7) is 11.6. The van der Waals surface area contributed by atoms with E-state index in [1.165, 1.54) is 0 Å². The number of hydrazine groups is 1. The first-order valence-corrected chi connectivity index (χ1v) is 9.91. The Balaban J connectivity index is 2.37. The molecular weight excluding hydrogens is 368 g/mol. The van der Waals surface area contributed by atoms with Gasteiger partial charge in [-0.2, -0.15) is 0 Å². The Morgan fingerprint density at radius 3 is 2.31 bits per heavy atom. The van der Waals surface area contributed by atoms with Crippen molar-refractivity contribution in [1.82, 2.24) is 21.0 Å². The van der Waals surface area contributed by atoms with Gasteiger partial charge in [0.2, 0.25) is 5.91 Å². The van der Waals surface area contributed by atoms with Gasteiger partial charge in [0.25, 0.3) is 5.91 Å². The Kier molecular flexibility index (Phi) is 7.70.